The normalized spacial score (nSPS) is 18.7. The number of likely N-dealkylation sites (tertiary alicyclic amines) is 1. The number of carbonyl (C=O) groups is 1. The molecule has 0 bridgehead atoms. The zero-order valence-corrected chi connectivity index (χ0v) is 11.7. The van der Waals surface area contributed by atoms with Crippen molar-refractivity contribution in [3.63, 3.8) is 0 Å². The molecule has 1 unspecified atom stereocenters. The Morgan fingerprint density at radius 2 is 2.40 bits per heavy atom. The van der Waals surface area contributed by atoms with Gasteiger partial charge in [-0.1, -0.05) is 12.1 Å². The predicted octanol–water partition coefficient (Wildman–Crippen LogP) is 1.95. The van der Waals surface area contributed by atoms with E-state index in [0.29, 0.717) is 5.69 Å². The monoisotopic (exact) mass is 274 g/mol. The van der Waals surface area contributed by atoms with Crippen LogP contribution in [0.3, 0.4) is 0 Å². The van der Waals surface area contributed by atoms with Gasteiger partial charge < -0.3 is 9.42 Å². The van der Waals surface area contributed by atoms with Crippen molar-refractivity contribution in [3.05, 3.63) is 35.5 Å². The average molecular weight is 274 g/mol. The highest BCUT2D eigenvalue weighted by Crippen LogP contribution is 2.33. The second-order valence-corrected chi connectivity index (χ2v) is 5.07. The third-order valence-electron chi connectivity index (χ3n) is 3.82. The van der Waals surface area contributed by atoms with E-state index in [1.165, 1.54) is 0 Å². The molecule has 0 aromatic carbocycles. The van der Waals surface area contributed by atoms with E-state index < -0.39 is 0 Å². The standard InChI is InChI=1S/C14H18N4O2/c1-3-10-9-13(20-16-10)11-5-4-8-18(11)14(19)12-6-7-15-17(12)2/h6-7,9,11H,3-5,8H2,1-2H3. The molecule has 20 heavy (non-hydrogen) atoms. The summed E-state index contributed by atoms with van der Waals surface area (Å²) in [5.74, 6) is 0.789. The molecule has 6 heteroatoms. The topological polar surface area (TPSA) is 64.2 Å². The van der Waals surface area contributed by atoms with Crippen LogP contribution in [0.4, 0.5) is 0 Å². The number of aromatic nitrogens is 3. The van der Waals surface area contributed by atoms with Crippen LogP contribution in [0.25, 0.3) is 0 Å². The molecule has 6 nitrogen and oxygen atoms in total. The van der Waals surface area contributed by atoms with Gasteiger partial charge in [0.1, 0.15) is 5.69 Å². The van der Waals surface area contributed by atoms with Gasteiger partial charge in [-0.25, -0.2) is 0 Å². The van der Waals surface area contributed by atoms with Crippen molar-refractivity contribution in [2.45, 2.75) is 32.2 Å². The highest BCUT2D eigenvalue weighted by Gasteiger charge is 2.34. The number of rotatable bonds is 3. The van der Waals surface area contributed by atoms with E-state index in [0.717, 1.165) is 37.3 Å². The molecule has 1 aliphatic rings. The van der Waals surface area contributed by atoms with Gasteiger partial charge in [0.2, 0.25) is 0 Å². The van der Waals surface area contributed by atoms with Crippen LogP contribution in [0.5, 0.6) is 0 Å². The number of hydrogen-bond acceptors (Lipinski definition) is 4. The number of nitrogens with zero attached hydrogens (tertiary/aromatic N) is 4. The van der Waals surface area contributed by atoms with E-state index in [-0.39, 0.29) is 11.9 Å². The minimum Gasteiger partial charge on any atom is -0.359 e. The van der Waals surface area contributed by atoms with Gasteiger partial charge in [0.25, 0.3) is 5.91 Å². The quantitative estimate of drug-likeness (QED) is 0.858. The minimum atomic E-state index is -0.00907. The lowest BCUT2D eigenvalue weighted by Gasteiger charge is -2.22. The predicted molar refractivity (Wildman–Crippen MR) is 72.1 cm³/mol. The van der Waals surface area contributed by atoms with E-state index in [1.807, 2.05) is 17.9 Å². The molecular formula is C14H18N4O2. The molecule has 1 saturated heterocycles. The lowest BCUT2D eigenvalue weighted by atomic mass is 10.1. The first-order chi connectivity index (χ1) is 9.70. The summed E-state index contributed by atoms with van der Waals surface area (Å²) in [7, 11) is 1.78. The fraction of sp³-hybridized carbons (Fsp3) is 0.500. The molecule has 0 aliphatic carbocycles. The van der Waals surface area contributed by atoms with Crippen LogP contribution < -0.4 is 0 Å². The van der Waals surface area contributed by atoms with Gasteiger partial charge in [-0.05, 0) is 25.3 Å². The first-order valence-corrected chi connectivity index (χ1v) is 6.95. The van der Waals surface area contributed by atoms with Crippen LogP contribution in [0.2, 0.25) is 0 Å². The minimum absolute atomic E-state index is 0.00180. The second kappa shape index (κ2) is 5.11. The summed E-state index contributed by atoms with van der Waals surface area (Å²) in [4.78, 5) is 14.5. The molecule has 106 valence electrons. The Morgan fingerprint density at radius 1 is 1.55 bits per heavy atom. The van der Waals surface area contributed by atoms with E-state index in [4.69, 9.17) is 4.52 Å². The Kier molecular flexibility index (Phi) is 3.30. The van der Waals surface area contributed by atoms with Crippen molar-refractivity contribution in [2.75, 3.05) is 6.54 Å². The molecule has 1 aliphatic heterocycles. The maximum Gasteiger partial charge on any atom is 0.272 e. The summed E-state index contributed by atoms with van der Waals surface area (Å²) in [5, 5.41) is 8.08. The van der Waals surface area contributed by atoms with Crippen molar-refractivity contribution in [3.8, 4) is 0 Å². The van der Waals surface area contributed by atoms with Crippen LogP contribution in [-0.4, -0.2) is 32.3 Å². The summed E-state index contributed by atoms with van der Waals surface area (Å²) in [5.41, 5.74) is 1.53. The smallest absolute Gasteiger partial charge is 0.272 e. The summed E-state index contributed by atoms with van der Waals surface area (Å²) >= 11 is 0. The van der Waals surface area contributed by atoms with Gasteiger partial charge >= 0.3 is 0 Å². The van der Waals surface area contributed by atoms with Crippen LogP contribution in [0, 0.1) is 0 Å². The molecule has 0 spiro atoms. The Labute approximate surface area is 117 Å². The van der Waals surface area contributed by atoms with E-state index >= 15 is 0 Å². The molecule has 1 fully saturated rings. The van der Waals surface area contributed by atoms with Crippen molar-refractivity contribution in [1.82, 2.24) is 19.8 Å². The largest absolute Gasteiger partial charge is 0.359 e. The van der Waals surface area contributed by atoms with Gasteiger partial charge in [-0.3, -0.25) is 9.48 Å². The number of amides is 1. The Bertz CT molecular complexity index is 616. The lowest BCUT2D eigenvalue weighted by molar-refractivity contribution is 0.0703. The van der Waals surface area contributed by atoms with Crippen molar-refractivity contribution >= 4 is 5.91 Å². The summed E-state index contributed by atoms with van der Waals surface area (Å²) in [6, 6.07) is 3.69. The van der Waals surface area contributed by atoms with Gasteiger partial charge in [-0.2, -0.15) is 5.10 Å². The molecule has 2 aromatic rings. The number of hydrogen-bond donors (Lipinski definition) is 0. The van der Waals surface area contributed by atoms with Crippen LogP contribution in [0.15, 0.2) is 22.9 Å². The molecule has 3 heterocycles. The van der Waals surface area contributed by atoms with E-state index in [9.17, 15) is 4.79 Å². The zero-order valence-electron chi connectivity index (χ0n) is 11.7. The molecule has 2 aromatic heterocycles. The maximum atomic E-state index is 12.6. The third-order valence-corrected chi connectivity index (χ3v) is 3.82. The molecule has 3 rings (SSSR count). The second-order valence-electron chi connectivity index (χ2n) is 5.07. The van der Waals surface area contributed by atoms with Crippen LogP contribution >= 0.6 is 0 Å². The van der Waals surface area contributed by atoms with Gasteiger partial charge in [-0.15, -0.1) is 0 Å². The fourth-order valence-electron chi connectivity index (χ4n) is 2.69. The molecule has 1 atom stereocenters. The molecule has 0 radical (unpaired) electrons. The SMILES string of the molecule is CCc1cc(C2CCCN2C(=O)c2ccnn2C)on1. The van der Waals surface area contributed by atoms with Crippen LogP contribution in [0.1, 0.15) is 47.7 Å². The van der Waals surface area contributed by atoms with Gasteiger partial charge in [0.05, 0.1) is 11.7 Å². The van der Waals surface area contributed by atoms with E-state index in [1.54, 1.807) is 24.0 Å². The molecular weight excluding hydrogens is 256 g/mol. The third kappa shape index (κ3) is 2.11. The molecule has 0 N–H and O–H groups in total. The fourth-order valence-corrected chi connectivity index (χ4v) is 2.69. The van der Waals surface area contributed by atoms with Crippen molar-refractivity contribution in [2.24, 2.45) is 7.05 Å². The first kappa shape index (κ1) is 12.9. The lowest BCUT2D eigenvalue weighted by Crippen LogP contribution is -2.31. The summed E-state index contributed by atoms with van der Waals surface area (Å²) in [6.07, 6.45) is 4.38. The highest BCUT2D eigenvalue weighted by atomic mass is 16.5. The Morgan fingerprint density at radius 3 is 3.05 bits per heavy atom. The first-order valence-electron chi connectivity index (χ1n) is 6.95. The van der Waals surface area contributed by atoms with Crippen LogP contribution in [-0.2, 0) is 13.5 Å². The molecule has 1 amide bonds. The average Bonchev–Trinajstić information content (AvgIpc) is 3.17. The van der Waals surface area contributed by atoms with Crippen molar-refractivity contribution < 1.29 is 9.32 Å². The maximum absolute atomic E-state index is 12.6. The highest BCUT2D eigenvalue weighted by molar-refractivity contribution is 5.92. The Hall–Kier alpha value is -2.11. The summed E-state index contributed by atoms with van der Waals surface area (Å²) < 4.78 is 7.01. The summed E-state index contributed by atoms with van der Waals surface area (Å²) in [6.45, 7) is 2.78. The van der Waals surface area contributed by atoms with Gasteiger partial charge in [0.15, 0.2) is 5.76 Å². The number of aryl methyl sites for hydroxylation is 2. The van der Waals surface area contributed by atoms with E-state index in [2.05, 4.69) is 10.3 Å². The van der Waals surface area contributed by atoms with Crippen molar-refractivity contribution in [1.29, 1.82) is 0 Å². The molecule has 0 saturated carbocycles. The zero-order chi connectivity index (χ0) is 14.1. The number of carbonyl (C=O) groups excluding carboxylic acids is 1. The van der Waals surface area contributed by atoms with Gasteiger partial charge in [0, 0.05) is 25.9 Å². The Balaban J connectivity index is 1.85.